The molecular formula is C6H12N4. The van der Waals surface area contributed by atoms with Crippen LogP contribution in [0, 0.1) is 0 Å². The van der Waals surface area contributed by atoms with Crippen LogP contribution in [0.1, 0.15) is 19.8 Å². The lowest BCUT2D eigenvalue weighted by Gasteiger charge is -2.02. The molecule has 0 spiro atoms. The Bertz CT molecular complexity index is 150. The summed E-state index contributed by atoms with van der Waals surface area (Å²) in [6, 6.07) is 0.755. The number of hydrogen-bond donors (Lipinski definition) is 1. The van der Waals surface area contributed by atoms with E-state index in [9.17, 15) is 0 Å². The summed E-state index contributed by atoms with van der Waals surface area (Å²) in [6.45, 7) is 2.98. The molecule has 56 valence electrons. The number of nitrogens with zero attached hydrogens (tertiary/aromatic N) is 3. The molecule has 1 heterocycles. The van der Waals surface area contributed by atoms with Crippen molar-refractivity contribution in [3.8, 4) is 0 Å². The highest BCUT2D eigenvalue weighted by Crippen LogP contribution is 2.12. The molecule has 1 rings (SSSR count). The van der Waals surface area contributed by atoms with Gasteiger partial charge in [-0.1, -0.05) is 12.0 Å². The molecular weight excluding hydrogens is 128 g/mol. The SMILES string of the molecule is CC[C@@H]1C[C@@H](N=[N+]=[N-])CN1. The van der Waals surface area contributed by atoms with Crippen molar-refractivity contribution < 1.29 is 0 Å². The van der Waals surface area contributed by atoms with Gasteiger partial charge in [-0.25, -0.2) is 0 Å². The van der Waals surface area contributed by atoms with Crippen molar-refractivity contribution in [1.29, 1.82) is 0 Å². The molecule has 0 aliphatic carbocycles. The highest BCUT2D eigenvalue weighted by molar-refractivity contribution is 4.85. The predicted molar refractivity (Wildman–Crippen MR) is 39.6 cm³/mol. The van der Waals surface area contributed by atoms with Gasteiger partial charge in [0.2, 0.25) is 0 Å². The molecule has 0 aromatic carbocycles. The Morgan fingerprint density at radius 3 is 3.10 bits per heavy atom. The van der Waals surface area contributed by atoms with Crippen LogP contribution in [0.25, 0.3) is 10.4 Å². The maximum atomic E-state index is 8.12. The van der Waals surface area contributed by atoms with Crippen LogP contribution in [0.5, 0.6) is 0 Å². The van der Waals surface area contributed by atoms with Gasteiger partial charge in [-0.3, -0.25) is 0 Å². The Hall–Kier alpha value is -0.730. The molecule has 0 saturated carbocycles. The van der Waals surface area contributed by atoms with Crippen LogP contribution in [-0.4, -0.2) is 18.6 Å². The van der Waals surface area contributed by atoms with Crippen molar-refractivity contribution in [3.63, 3.8) is 0 Å². The molecule has 1 saturated heterocycles. The zero-order valence-corrected chi connectivity index (χ0v) is 6.12. The average molecular weight is 140 g/mol. The molecule has 1 N–H and O–H groups in total. The monoisotopic (exact) mass is 140 g/mol. The molecule has 1 fully saturated rings. The van der Waals surface area contributed by atoms with Crippen molar-refractivity contribution in [1.82, 2.24) is 5.32 Å². The second-order valence-corrected chi connectivity index (χ2v) is 2.61. The number of azide groups is 1. The van der Waals surface area contributed by atoms with Crippen LogP contribution in [-0.2, 0) is 0 Å². The second kappa shape index (κ2) is 3.44. The van der Waals surface area contributed by atoms with E-state index in [0.717, 1.165) is 19.4 Å². The first kappa shape index (κ1) is 7.38. The first-order chi connectivity index (χ1) is 4.86. The number of rotatable bonds is 2. The van der Waals surface area contributed by atoms with E-state index in [1.807, 2.05) is 0 Å². The lowest BCUT2D eigenvalue weighted by molar-refractivity contribution is 0.581. The van der Waals surface area contributed by atoms with Crippen molar-refractivity contribution in [2.24, 2.45) is 5.11 Å². The summed E-state index contributed by atoms with van der Waals surface area (Å²) in [5.41, 5.74) is 8.12. The third kappa shape index (κ3) is 1.62. The average Bonchev–Trinajstić information content (AvgIpc) is 2.37. The minimum absolute atomic E-state index is 0.190. The summed E-state index contributed by atoms with van der Waals surface area (Å²) in [5.74, 6) is 0. The first-order valence-corrected chi connectivity index (χ1v) is 3.64. The Morgan fingerprint density at radius 1 is 1.80 bits per heavy atom. The molecule has 1 aliphatic rings. The highest BCUT2D eigenvalue weighted by Gasteiger charge is 2.20. The molecule has 0 aromatic rings. The van der Waals surface area contributed by atoms with E-state index in [0.29, 0.717) is 6.04 Å². The highest BCUT2D eigenvalue weighted by atomic mass is 15.2. The second-order valence-electron chi connectivity index (χ2n) is 2.61. The Morgan fingerprint density at radius 2 is 2.60 bits per heavy atom. The maximum Gasteiger partial charge on any atom is 0.0513 e. The number of hydrogen-bond acceptors (Lipinski definition) is 2. The maximum absolute atomic E-state index is 8.12. The largest absolute Gasteiger partial charge is 0.314 e. The Labute approximate surface area is 60.2 Å². The fourth-order valence-corrected chi connectivity index (χ4v) is 1.27. The molecule has 10 heavy (non-hydrogen) atoms. The van der Waals surface area contributed by atoms with Crippen LogP contribution in [0.4, 0.5) is 0 Å². The summed E-state index contributed by atoms with van der Waals surface area (Å²) < 4.78 is 0. The third-order valence-corrected chi connectivity index (χ3v) is 1.91. The standard InChI is InChI=1S/C6H12N4/c1-2-5-3-6(4-8-5)9-10-7/h5-6,8H,2-4H2,1H3/t5-,6-/m1/s1. The van der Waals surface area contributed by atoms with Crippen LogP contribution in [0.15, 0.2) is 5.11 Å². The first-order valence-electron chi connectivity index (χ1n) is 3.64. The van der Waals surface area contributed by atoms with Crippen molar-refractivity contribution in [3.05, 3.63) is 10.4 Å². The normalized spacial score (nSPS) is 31.7. The van der Waals surface area contributed by atoms with Crippen molar-refractivity contribution in [2.75, 3.05) is 6.54 Å². The summed E-state index contributed by atoms with van der Waals surface area (Å²) in [6.07, 6.45) is 2.12. The van der Waals surface area contributed by atoms with Gasteiger partial charge in [0.25, 0.3) is 0 Å². The zero-order valence-electron chi connectivity index (χ0n) is 6.12. The molecule has 4 nitrogen and oxygen atoms in total. The van der Waals surface area contributed by atoms with Gasteiger partial charge in [-0.15, -0.1) is 0 Å². The Kier molecular flexibility index (Phi) is 2.54. The molecule has 2 atom stereocenters. The summed E-state index contributed by atoms with van der Waals surface area (Å²) >= 11 is 0. The predicted octanol–water partition coefficient (Wildman–Crippen LogP) is 1.44. The molecule has 1 aliphatic heterocycles. The van der Waals surface area contributed by atoms with Gasteiger partial charge in [0.15, 0.2) is 0 Å². The van der Waals surface area contributed by atoms with E-state index >= 15 is 0 Å². The van der Waals surface area contributed by atoms with Gasteiger partial charge >= 0.3 is 0 Å². The Balaban J connectivity index is 2.35. The zero-order chi connectivity index (χ0) is 7.40. The lowest BCUT2D eigenvalue weighted by Crippen LogP contribution is -2.19. The van der Waals surface area contributed by atoms with E-state index in [1.54, 1.807) is 0 Å². The molecule has 0 unspecified atom stereocenters. The van der Waals surface area contributed by atoms with Crippen molar-refractivity contribution >= 4 is 0 Å². The lowest BCUT2D eigenvalue weighted by atomic mass is 10.1. The van der Waals surface area contributed by atoms with Crippen LogP contribution >= 0.6 is 0 Å². The third-order valence-electron chi connectivity index (χ3n) is 1.91. The minimum atomic E-state index is 0.190. The van der Waals surface area contributed by atoms with Gasteiger partial charge < -0.3 is 5.32 Å². The topological polar surface area (TPSA) is 60.8 Å². The molecule has 4 heteroatoms. The molecule has 0 bridgehead atoms. The van der Waals surface area contributed by atoms with Gasteiger partial charge in [0, 0.05) is 17.5 Å². The van der Waals surface area contributed by atoms with Crippen LogP contribution in [0.2, 0.25) is 0 Å². The quantitative estimate of drug-likeness (QED) is 0.352. The van der Waals surface area contributed by atoms with E-state index in [4.69, 9.17) is 5.53 Å². The molecule has 0 amide bonds. The summed E-state index contributed by atoms with van der Waals surface area (Å²) in [7, 11) is 0. The molecule has 0 radical (unpaired) electrons. The van der Waals surface area contributed by atoms with Crippen LogP contribution in [0.3, 0.4) is 0 Å². The van der Waals surface area contributed by atoms with Crippen molar-refractivity contribution in [2.45, 2.75) is 31.8 Å². The minimum Gasteiger partial charge on any atom is -0.314 e. The smallest absolute Gasteiger partial charge is 0.0513 e. The summed E-state index contributed by atoms with van der Waals surface area (Å²) in [4.78, 5) is 2.77. The number of nitrogens with one attached hydrogen (secondary N) is 1. The molecule has 0 aromatic heterocycles. The van der Waals surface area contributed by atoms with Crippen LogP contribution < -0.4 is 5.32 Å². The fraction of sp³-hybridized carbons (Fsp3) is 1.00. The van der Waals surface area contributed by atoms with E-state index in [1.165, 1.54) is 0 Å². The fourth-order valence-electron chi connectivity index (χ4n) is 1.27. The van der Waals surface area contributed by atoms with Gasteiger partial charge in [0.05, 0.1) is 6.04 Å². The van der Waals surface area contributed by atoms with Gasteiger partial charge in [-0.05, 0) is 18.4 Å². The van der Waals surface area contributed by atoms with Gasteiger partial charge in [-0.2, -0.15) is 0 Å². The van der Waals surface area contributed by atoms with Gasteiger partial charge in [0.1, 0.15) is 0 Å². The van der Waals surface area contributed by atoms with E-state index in [2.05, 4.69) is 22.3 Å². The van der Waals surface area contributed by atoms with E-state index < -0.39 is 0 Å². The summed E-state index contributed by atoms with van der Waals surface area (Å²) in [5, 5.41) is 6.92. The van der Waals surface area contributed by atoms with E-state index in [-0.39, 0.29) is 6.04 Å².